The molecule has 0 saturated carbocycles. The van der Waals surface area contributed by atoms with Crippen molar-refractivity contribution in [3.63, 3.8) is 0 Å². The number of aliphatic imine (C=N–C) groups is 1. The maximum Gasteiger partial charge on any atom is 0.191 e. The minimum absolute atomic E-state index is 0. The van der Waals surface area contributed by atoms with Crippen LogP contribution in [0.5, 0.6) is 0 Å². The maximum atomic E-state index is 4.62. The van der Waals surface area contributed by atoms with E-state index in [4.69, 9.17) is 0 Å². The summed E-state index contributed by atoms with van der Waals surface area (Å²) in [5.74, 6) is 0.883. The monoisotopic (exact) mass is 404 g/mol. The third-order valence-corrected chi connectivity index (χ3v) is 3.29. The van der Waals surface area contributed by atoms with Crippen LogP contribution in [0.3, 0.4) is 0 Å². The molecule has 0 aliphatic rings. The fourth-order valence-electron chi connectivity index (χ4n) is 1.84. The van der Waals surface area contributed by atoms with Crippen molar-refractivity contribution in [3.05, 3.63) is 35.9 Å². The van der Waals surface area contributed by atoms with Crippen LogP contribution in [0.25, 0.3) is 0 Å². The summed E-state index contributed by atoms with van der Waals surface area (Å²) in [4.78, 5) is 6.88. The Morgan fingerprint density at radius 3 is 2.48 bits per heavy atom. The van der Waals surface area contributed by atoms with Crippen LogP contribution in [0.4, 0.5) is 0 Å². The fraction of sp³-hybridized carbons (Fsp3) is 0.562. The molecule has 21 heavy (non-hydrogen) atoms. The first-order valence-electron chi connectivity index (χ1n) is 7.45. The van der Waals surface area contributed by atoms with Crippen molar-refractivity contribution >= 4 is 29.9 Å². The molecule has 4 nitrogen and oxygen atoms in total. The molecular weight excluding hydrogens is 375 g/mol. The van der Waals surface area contributed by atoms with Crippen molar-refractivity contribution in [1.29, 1.82) is 0 Å². The lowest BCUT2D eigenvalue weighted by Crippen LogP contribution is -2.39. The molecule has 1 aromatic carbocycles. The number of rotatable bonds is 7. The van der Waals surface area contributed by atoms with Crippen LogP contribution in [-0.4, -0.2) is 44.1 Å². The second kappa shape index (κ2) is 11.8. The van der Waals surface area contributed by atoms with Crippen molar-refractivity contribution in [1.82, 2.24) is 15.5 Å². The normalized spacial score (nSPS) is 12.7. The van der Waals surface area contributed by atoms with E-state index in [9.17, 15) is 0 Å². The topological polar surface area (TPSA) is 39.7 Å². The summed E-state index contributed by atoms with van der Waals surface area (Å²) >= 11 is 0. The van der Waals surface area contributed by atoms with E-state index in [1.165, 1.54) is 5.56 Å². The molecule has 0 fully saturated rings. The van der Waals surface area contributed by atoms with Gasteiger partial charge in [-0.2, -0.15) is 0 Å². The third kappa shape index (κ3) is 8.26. The van der Waals surface area contributed by atoms with Gasteiger partial charge in [0.05, 0.1) is 12.6 Å². The highest BCUT2D eigenvalue weighted by Gasteiger charge is 2.06. The number of halogens is 1. The van der Waals surface area contributed by atoms with Crippen molar-refractivity contribution in [2.45, 2.75) is 26.8 Å². The fourth-order valence-corrected chi connectivity index (χ4v) is 1.84. The summed E-state index contributed by atoms with van der Waals surface area (Å²) in [6, 6.07) is 10.7. The zero-order chi connectivity index (χ0) is 14.8. The summed E-state index contributed by atoms with van der Waals surface area (Å²) in [7, 11) is 2.11. The average molecular weight is 404 g/mol. The first-order chi connectivity index (χ1) is 9.67. The van der Waals surface area contributed by atoms with Gasteiger partial charge in [0, 0.05) is 13.1 Å². The van der Waals surface area contributed by atoms with Gasteiger partial charge in [-0.15, -0.1) is 24.0 Å². The van der Waals surface area contributed by atoms with Crippen LogP contribution in [0.2, 0.25) is 0 Å². The van der Waals surface area contributed by atoms with Crippen LogP contribution in [-0.2, 0) is 0 Å². The number of guanidine groups is 1. The highest BCUT2D eigenvalue weighted by molar-refractivity contribution is 14.0. The predicted octanol–water partition coefficient (Wildman–Crippen LogP) is 2.87. The quantitative estimate of drug-likeness (QED) is 0.417. The molecule has 1 aromatic rings. The van der Waals surface area contributed by atoms with Crippen LogP contribution in [0, 0.1) is 0 Å². The Labute approximate surface area is 146 Å². The Hall–Kier alpha value is -0.820. The number of hydrogen-bond donors (Lipinski definition) is 2. The second-order valence-corrected chi connectivity index (χ2v) is 4.93. The van der Waals surface area contributed by atoms with E-state index in [0.717, 1.165) is 32.1 Å². The van der Waals surface area contributed by atoms with Gasteiger partial charge < -0.3 is 15.5 Å². The Balaban J connectivity index is 0.00000400. The van der Waals surface area contributed by atoms with Crippen LogP contribution >= 0.6 is 24.0 Å². The summed E-state index contributed by atoms with van der Waals surface area (Å²) in [6.45, 7) is 10.1. The number of likely N-dealkylation sites (N-methyl/N-ethyl adjacent to an activating group) is 1. The molecule has 0 aromatic heterocycles. The zero-order valence-corrected chi connectivity index (χ0v) is 15.9. The largest absolute Gasteiger partial charge is 0.357 e. The van der Waals surface area contributed by atoms with Gasteiger partial charge >= 0.3 is 0 Å². The van der Waals surface area contributed by atoms with Crippen molar-refractivity contribution in [3.8, 4) is 0 Å². The standard InChI is InChI=1S/C16H28N4.HI/c1-5-17-16(18-12-13-20(4)6-2)19-14(3)15-10-8-7-9-11-15;/h7-11,14H,5-6,12-13H2,1-4H3,(H2,17,18,19);1H. The maximum absolute atomic E-state index is 4.62. The molecule has 5 heteroatoms. The number of nitrogens with one attached hydrogen (secondary N) is 2. The molecule has 0 aliphatic heterocycles. The molecule has 0 saturated heterocycles. The van der Waals surface area contributed by atoms with Gasteiger partial charge in [-0.1, -0.05) is 37.3 Å². The summed E-state index contributed by atoms with van der Waals surface area (Å²) in [5, 5.41) is 6.74. The van der Waals surface area contributed by atoms with E-state index in [1.54, 1.807) is 0 Å². The second-order valence-electron chi connectivity index (χ2n) is 4.93. The molecule has 0 heterocycles. The lowest BCUT2D eigenvalue weighted by atomic mass is 10.1. The Bertz CT molecular complexity index is 395. The number of hydrogen-bond acceptors (Lipinski definition) is 2. The summed E-state index contributed by atoms with van der Waals surface area (Å²) in [6.07, 6.45) is 0. The average Bonchev–Trinajstić information content (AvgIpc) is 2.48. The molecular formula is C16H29IN4. The van der Waals surface area contributed by atoms with E-state index in [2.05, 4.69) is 72.6 Å². The first kappa shape index (κ1) is 20.2. The third-order valence-electron chi connectivity index (χ3n) is 3.29. The minimum atomic E-state index is 0. The molecule has 0 bridgehead atoms. The lowest BCUT2D eigenvalue weighted by molar-refractivity contribution is 0.363. The van der Waals surface area contributed by atoms with E-state index in [1.807, 2.05) is 6.07 Å². The Morgan fingerprint density at radius 1 is 1.24 bits per heavy atom. The van der Waals surface area contributed by atoms with E-state index in [0.29, 0.717) is 0 Å². The van der Waals surface area contributed by atoms with Gasteiger partial charge in [-0.3, -0.25) is 4.99 Å². The summed E-state index contributed by atoms with van der Waals surface area (Å²) < 4.78 is 0. The molecule has 2 N–H and O–H groups in total. The van der Waals surface area contributed by atoms with Gasteiger partial charge in [-0.25, -0.2) is 0 Å². The Morgan fingerprint density at radius 2 is 1.90 bits per heavy atom. The summed E-state index contributed by atoms with van der Waals surface area (Å²) in [5.41, 5.74) is 1.27. The van der Waals surface area contributed by atoms with Gasteiger partial charge in [0.2, 0.25) is 0 Å². The predicted molar refractivity (Wildman–Crippen MR) is 103 cm³/mol. The van der Waals surface area contributed by atoms with Gasteiger partial charge in [0.15, 0.2) is 5.96 Å². The number of benzene rings is 1. The first-order valence-corrected chi connectivity index (χ1v) is 7.45. The smallest absolute Gasteiger partial charge is 0.191 e. The zero-order valence-electron chi connectivity index (χ0n) is 13.6. The molecule has 1 rings (SSSR count). The molecule has 0 aliphatic carbocycles. The van der Waals surface area contributed by atoms with Crippen molar-refractivity contribution < 1.29 is 0 Å². The highest BCUT2D eigenvalue weighted by Crippen LogP contribution is 2.10. The Kier molecular flexibility index (Phi) is 11.3. The van der Waals surface area contributed by atoms with E-state index < -0.39 is 0 Å². The highest BCUT2D eigenvalue weighted by atomic mass is 127. The van der Waals surface area contributed by atoms with Crippen LogP contribution in [0.15, 0.2) is 35.3 Å². The van der Waals surface area contributed by atoms with Crippen LogP contribution < -0.4 is 10.6 Å². The van der Waals surface area contributed by atoms with Gasteiger partial charge in [0.25, 0.3) is 0 Å². The van der Waals surface area contributed by atoms with Gasteiger partial charge in [-0.05, 0) is 33.0 Å². The van der Waals surface area contributed by atoms with Gasteiger partial charge in [0.1, 0.15) is 0 Å². The minimum Gasteiger partial charge on any atom is -0.357 e. The van der Waals surface area contributed by atoms with Crippen molar-refractivity contribution in [2.75, 3.05) is 33.2 Å². The van der Waals surface area contributed by atoms with Crippen LogP contribution in [0.1, 0.15) is 32.4 Å². The van der Waals surface area contributed by atoms with E-state index >= 15 is 0 Å². The van der Waals surface area contributed by atoms with E-state index in [-0.39, 0.29) is 30.0 Å². The molecule has 1 atom stereocenters. The lowest BCUT2D eigenvalue weighted by Gasteiger charge is -2.19. The molecule has 0 amide bonds. The SMILES string of the molecule is CCNC(=NCCN(C)CC)NC(C)c1ccccc1.I. The molecule has 120 valence electrons. The molecule has 0 spiro atoms. The molecule has 1 unspecified atom stereocenters. The number of nitrogens with zero attached hydrogens (tertiary/aromatic N) is 2. The molecule has 0 radical (unpaired) electrons. The van der Waals surface area contributed by atoms with Crippen molar-refractivity contribution in [2.24, 2.45) is 4.99 Å².